The second kappa shape index (κ2) is 9.13. The molecule has 2 aromatic carbocycles. The van der Waals surface area contributed by atoms with Gasteiger partial charge < -0.3 is 9.15 Å². The molecule has 158 valence electrons. The van der Waals surface area contributed by atoms with Crippen LogP contribution in [0.15, 0.2) is 71.3 Å². The number of nitrogens with zero attached hydrogens (tertiary/aromatic N) is 2. The molecule has 4 aromatic rings. The summed E-state index contributed by atoms with van der Waals surface area (Å²) in [7, 11) is 0. The average Bonchev–Trinajstić information content (AvgIpc) is 3.22. The van der Waals surface area contributed by atoms with Crippen molar-refractivity contribution in [2.24, 2.45) is 0 Å². The summed E-state index contributed by atoms with van der Waals surface area (Å²) >= 11 is 6.54. The summed E-state index contributed by atoms with van der Waals surface area (Å²) in [5.74, 6) is 1.64. The lowest BCUT2D eigenvalue weighted by atomic mass is 9.99. The molecule has 0 spiro atoms. The van der Waals surface area contributed by atoms with E-state index in [0.717, 1.165) is 40.1 Å². The molecule has 1 saturated heterocycles. The Morgan fingerprint density at radius 1 is 0.903 bits per heavy atom. The molecule has 3 heterocycles. The van der Waals surface area contributed by atoms with Gasteiger partial charge in [-0.1, -0.05) is 48.4 Å². The van der Waals surface area contributed by atoms with E-state index in [0.29, 0.717) is 17.3 Å². The van der Waals surface area contributed by atoms with Gasteiger partial charge >= 0.3 is 0 Å². The molecule has 1 fully saturated rings. The van der Waals surface area contributed by atoms with Crippen LogP contribution in [0, 0.1) is 0 Å². The predicted octanol–water partition coefficient (Wildman–Crippen LogP) is 6.68. The quantitative estimate of drug-likeness (QED) is 0.340. The number of benzene rings is 2. The number of aromatic nitrogens is 1. The van der Waals surface area contributed by atoms with Gasteiger partial charge in [-0.05, 0) is 61.8 Å². The van der Waals surface area contributed by atoms with E-state index < -0.39 is 0 Å². The maximum absolute atomic E-state index is 6.54. The van der Waals surface area contributed by atoms with Gasteiger partial charge in [-0.3, -0.25) is 4.90 Å². The van der Waals surface area contributed by atoms with Crippen LogP contribution in [0.5, 0.6) is 5.75 Å². The molecule has 5 heteroatoms. The summed E-state index contributed by atoms with van der Waals surface area (Å²) in [6.07, 6.45) is 5.63. The lowest BCUT2D eigenvalue weighted by molar-refractivity contribution is 0.183. The minimum Gasteiger partial charge on any atom is -0.492 e. The van der Waals surface area contributed by atoms with Gasteiger partial charge in [-0.15, -0.1) is 0 Å². The molecule has 0 saturated carbocycles. The van der Waals surface area contributed by atoms with E-state index in [4.69, 9.17) is 20.8 Å². The first-order chi connectivity index (χ1) is 15.3. The van der Waals surface area contributed by atoms with Gasteiger partial charge in [0.25, 0.3) is 0 Å². The lowest BCUT2D eigenvalue weighted by Crippen LogP contribution is -2.33. The number of hydrogen-bond donors (Lipinski definition) is 0. The Labute approximate surface area is 187 Å². The highest BCUT2D eigenvalue weighted by atomic mass is 35.5. The number of likely N-dealkylation sites (tertiary alicyclic amines) is 1. The summed E-state index contributed by atoms with van der Waals surface area (Å²) in [5, 5.41) is 1.48. The van der Waals surface area contributed by atoms with Gasteiger partial charge in [0.05, 0.1) is 10.4 Å². The van der Waals surface area contributed by atoms with Crippen LogP contribution in [0.1, 0.15) is 19.3 Å². The zero-order valence-electron chi connectivity index (χ0n) is 17.4. The van der Waals surface area contributed by atoms with Crippen molar-refractivity contribution in [2.75, 3.05) is 26.2 Å². The monoisotopic (exact) mass is 432 g/mol. The molecule has 2 aromatic heterocycles. The van der Waals surface area contributed by atoms with Crippen LogP contribution >= 0.6 is 11.6 Å². The molecule has 31 heavy (non-hydrogen) atoms. The summed E-state index contributed by atoms with van der Waals surface area (Å²) in [4.78, 5) is 6.88. The van der Waals surface area contributed by atoms with Crippen molar-refractivity contribution < 1.29 is 9.15 Å². The van der Waals surface area contributed by atoms with E-state index in [1.165, 1.54) is 32.4 Å². The number of furan rings is 1. The van der Waals surface area contributed by atoms with E-state index in [9.17, 15) is 0 Å². The van der Waals surface area contributed by atoms with E-state index in [-0.39, 0.29) is 0 Å². The van der Waals surface area contributed by atoms with Crippen LogP contribution < -0.4 is 4.74 Å². The second-order valence-electron chi connectivity index (χ2n) is 7.92. The minimum atomic E-state index is 0.545. The topological polar surface area (TPSA) is 38.5 Å². The van der Waals surface area contributed by atoms with Crippen LogP contribution in [0.4, 0.5) is 0 Å². The number of hydrogen-bond acceptors (Lipinski definition) is 4. The Bertz CT molecular complexity index is 1150. The van der Waals surface area contributed by atoms with Gasteiger partial charge in [0, 0.05) is 23.9 Å². The maximum Gasteiger partial charge on any atom is 0.228 e. The highest BCUT2D eigenvalue weighted by Gasteiger charge is 2.20. The van der Waals surface area contributed by atoms with Crippen LogP contribution in [0.2, 0.25) is 5.02 Å². The number of ether oxygens (including phenoxy) is 1. The molecule has 0 bridgehead atoms. The van der Waals surface area contributed by atoms with E-state index in [1.54, 1.807) is 12.3 Å². The Morgan fingerprint density at radius 3 is 2.45 bits per heavy atom. The van der Waals surface area contributed by atoms with Gasteiger partial charge in [-0.2, -0.15) is 0 Å². The molecule has 0 N–H and O–H groups in total. The molecule has 0 atom stereocenters. The van der Waals surface area contributed by atoms with Crippen molar-refractivity contribution in [1.82, 2.24) is 9.88 Å². The normalized spacial score (nSPS) is 14.7. The standard InChI is InChI=1S/C26H25ClN2O2/c27-22-13-14-28-26-24(22)23(19-7-3-1-4-8-19)25(31-26)20-9-11-21(12-10-20)30-18-17-29-15-5-2-6-16-29/h1,3-4,7-14H,2,5-6,15-18H2. The second-order valence-corrected chi connectivity index (χ2v) is 8.33. The Kier molecular flexibility index (Phi) is 5.92. The number of pyridine rings is 1. The zero-order chi connectivity index (χ0) is 21.0. The third kappa shape index (κ3) is 4.32. The molecule has 0 aliphatic carbocycles. The fourth-order valence-corrected chi connectivity index (χ4v) is 4.48. The van der Waals surface area contributed by atoms with Crippen LogP contribution in [0.3, 0.4) is 0 Å². The Balaban J connectivity index is 1.41. The minimum absolute atomic E-state index is 0.545. The highest BCUT2D eigenvalue weighted by molar-refractivity contribution is 6.36. The van der Waals surface area contributed by atoms with E-state index in [1.807, 2.05) is 42.5 Å². The van der Waals surface area contributed by atoms with Crippen LogP contribution in [0.25, 0.3) is 33.6 Å². The van der Waals surface area contributed by atoms with Gasteiger partial charge in [0.15, 0.2) is 0 Å². The van der Waals surface area contributed by atoms with Gasteiger partial charge in [0.2, 0.25) is 5.71 Å². The predicted molar refractivity (Wildman–Crippen MR) is 126 cm³/mol. The van der Waals surface area contributed by atoms with Crippen molar-refractivity contribution in [2.45, 2.75) is 19.3 Å². The molecule has 4 nitrogen and oxygen atoms in total. The highest BCUT2D eigenvalue weighted by Crippen LogP contribution is 2.43. The first-order valence-electron chi connectivity index (χ1n) is 10.9. The summed E-state index contributed by atoms with van der Waals surface area (Å²) in [6.45, 7) is 4.06. The van der Waals surface area contributed by atoms with Crippen molar-refractivity contribution >= 4 is 22.7 Å². The number of piperidine rings is 1. The molecule has 5 rings (SSSR count). The van der Waals surface area contributed by atoms with Crippen LogP contribution in [-0.4, -0.2) is 36.1 Å². The number of rotatable bonds is 6. The fourth-order valence-electron chi connectivity index (χ4n) is 4.25. The molecule has 1 aliphatic rings. The smallest absolute Gasteiger partial charge is 0.228 e. The molecular weight excluding hydrogens is 408 g/mol. The zero-order valence-corrected chi connectivity index (χ0v) is 18.1. The fraction of sp³-hybridized carbons (Fsp3) is 0.269. The molecular formula is C26H25ClN2O2. The molecule has 1 aliphatic heterocycles. The van der Waals surface area contributed by atoms with Crippen molar-refractivity contribution in [3.05, 3.63) is 71.9 Å². The third-order valence-electron chi connectivity index (χ3n) is 5.85. The lowest BCUT2D eigenvalue weighted by Gasteiger charge is -2.26. The summed E-state index contributed by atoms with van der Waals surface area (Å²) < 4.78 is 12.2. The molecule has 0 unspecified atom stereocenters. The Hall–Kier alpha value is -2.82. The SMILES string of the molecule is Clc1ccnc2oc(-c3ccc(OCCN4CCCCC4)cc3)c(-c3ccccc3)c12. The largest absolute Gasteiger partial charge is 0.492 e. The van der Waals surface area contributed by atoms with E-state index >= 15 is 0 Å². The molecule has 0 amide bonds. The molecule has 0 radical (unpaired) electrons. The maximum atomic E-state index is 6.54. The van der Waals surface area contributed by atoms with Crippen molar-refractivity contribution in [1.29, 1.82) is 0 Å². The first-order valence-corrected chi connectivity index (χ1v) is 11.3. The summed E-state index contributed by atoms with van der Waals surface area (Å²) in [5.41, 5.74) is 3.53. The van der Waals surface area contributed by atoms with E-state index in [2.05, 4.69) is 22.0 Å². The number of fused-ring (bicyclic) bond motifs is 1. The van der Waals surface area contributed by atoms with Crippen LogP contribution in [-0.2, 0) is 0 Å². The van der Waals surface area contributed by atoms with Gasteiger partial charge in [0.1, 0.15) is 18.1 Å². The summed E-state index contributed by atoms with van der Waals surface area (Å²) in [6, 6.07) is 20.0. The van der Waals surface area contributed by atoms with Crippen molar-refractivity contribution in [3.63, 3.8) is 0 Å². The van der Waals surface area contributed by atoms with Gasteiger partial charge in [-0.25, -0.2) is 4.98 Å². The third-order valence-corrected chi connectivity index (χ3v) is 6.16. The average molecular weight is 433 g/mol. The Morgan fingerprint density at radius 2 is 1.68 bits per heavy atom. The first kappa shape index (κ1) is 20.1. The van der Waals surface area contributed by atoms with Crippen molar-refractivity contribution in [3.8, 4) is 28.2 Å². The number of halogens is 1.